The molecule has 10 aromatic rings. The predicted octanol–water partition coefficient (Wildman–Crippen LogP) is 11.9. The maximum absolute atomic E-state index is 6.23. The van der Waals surface area contributed by atoms with E-state index < -0.39 is 0 Å². The summed E-state index contributed by atoms with van der Waals surface area (Å²) in [5.41, 5.74) is 13.2. The van der Waals surface area contributed by atoms with E-state index in [2.05, 4.69) is 172 Å². The Morgan fingerprint density at radius 2 is 0.918 bits per heavy atom. The zero-order valence-corrected chi connectivity index (χ0v) is 26.5. The maximum atomic E-state index is 6.23. The molecule has 4 nitrogen and oxygen atoms in total. The number of furan rings is 1. The van der Waals surface area contributed by atoms with Gasteiger partial charge >= 0.3 is 0 Å². The van der Waals surface area contributed by atoms with Gasteiger partial charge in [-0.3, -0.25) is 4.98 Å². The number of aromatic nitrogens is 3. The lowest BCUT2D eigenvalue weighted by atomic mass is 9.93. The summed E-state index contributed by atoms with van der Waals surface area (Å²) in [7, 11) is 0. The van der Waals surface area contributed by atoms with Gasteiger partial charge in [-0.25, -0.2) is 0 Å². The topological polar surface area (TPSA) is 35.9 Å². The average Bonchev–Trinajstić information content (AvgIpc) is 3.83. The van der Waals surface area contributed by atoms with E-state index in [-0.39, 0.29) is 0 Å². The molecule has 0 saturated heterocycles. The van der Waals surface area contributed by atoms with Crippen molar-refractivity contribution < 1.29 is 4.42 Å². The molecular weight excluding hydrogens is 599 g/mol. The van der Waals surface area contributed by atoms with E-state index in [9.17, 15) is 0 Å². The van der Waals surface area contributed by atoms with E-state index in [0.717, 1.165) is 66.9 Å². The monoisotopic (exact) mass is 627 g/mol. The summed E-state index contributed by atoms with van der Waals surface area (Å²) in [5, 5.41) is 4.44. The summed E-state index contributed by atoms with van der Waals surface area (Å²) in [6, 6.07) is 58.4. The molecule has 49 heavy (non-hydrogen) atoms. The van der Waals surface area contributed by atoms with Gasteiger partial charge in [-0.15, -0.1) is 0 Å². The van der Waals surface area contributed by atoms with Gasteiger partial charge in [0.05, 0.1) is 22.4 Å². The fourth-order valence-corrected chi connectivity index (χ4v) is 7.59. The van der Waals surface area contributed by atoms with Gasteiger partial charge in [0.25, 0.3) is 0 Å². The van der Waals surface area contributed by atoms with Gasteiger partial charge in [-0.2, -0.15) is 0 Å². The highest BCUT2D eigenvalue weighted by atomic mass is 16.3. The lowest BCUT2D eigenvalue weighted by molar-refractivity contribution is 0.668. The van der Waals surface area contributed by atoms with Gasteiger partial charge in [-0.05, 0) is 59.7 Å². The lowest BCUT2D eigenvalue weighted by Crippen LogP contribution is -1.99. The van der Waals surface area contributed by atoms with Crippen molar-refractivity contribution in [1.82, 2.24) is 14.1 Å². The molecule has 0 amide bonds. The van der Waals surface area contributed by atoms with Crippen molar-refractivity contribution in [3.05, 3.63) is 176 Å². The Morgan fingerprint density at radius 3 is 1.53 bits per heavy atom. The van der Waals surface area contributed by atoms with E-state index in [1.54, 1.807) is 6.20 Å². The van der Waals surface area contributed by atoms with Crippen molar-refractivity contribution in [3.8, 4) is 45.0 Å². The van der Waals surface area contributed by atoms with Crippen LogP contribution in [0.2, 0.25) is 0 Å². The fraction of sp³-hybridized carbons (Fsp3) is 0. The SMILES string of the molecule is c1ccc(-c2c(-c3c(-c4ccccc4)n(-c4ccc5oc6ccncc6c5c4)c4ccccc34)c3ccccc3n2-c2ccccc2)cc1. The van der Waals surface area contributed by atoms with Crippen molar-refractivity contribution >= 4 is 43.7 Å². The first-order chi connectivity index (χ1) is 24.3. The first kappa shape index (κ1) is 27.5. The Balaban J connectivity index is 1.40. The smallest absolute Gasteiger partial charge is 0.138 e. The molecular formula is C45H29N3O. The third-order valence-electron chi connectivity index (χ3n) is 9.62. The van der Waals surface area contributed by atoms with E-state index in [0.29, 0.717) is 0 Å². The van der Waals surface area contributed by atoms with Crippen LogP contribution in [0, 0.1) is 0 Å². The molecule has 10 rings (SSSR count). The largest absolute Gasteiger partial charge is 0.456 e. The summed E-state index contributed by atoms with van der Waals surface area (Å²) >= 11 is 0. The van der Waals surface area contributed by atoms with Crippen LogP contribution in [0.1, 0.15) is 0 Å². The van der Waals surface area contributed by atoms with Gasteiger partial charge < -0.3 is 13.6 Å². The van der Waals surface area contributed by atoms with Crippen LogP contribution < -0.4 is 0 Å². The quantitative estimate of drug-likeness (QED) is 0.190. The first-order valence-electron chi connectivity index (χ1n) is 16.6. The van der Waals surface area contributed by atoms with Gasteiger partial charge in [0.15, 0.2) is 0 Å². The van der Waals surface area contributed by atoms with E-state index >= 15 is 0 Å². The molecule has 4 aromatic heterocycles. The lowest BCUT2D eigenvalue weighted by Gasteiger charge is -2.16. The number of nitrogens with zero attached hydrogens (tertiary/aromatic N) is 3. The van der Waals surface area contributed by atoms with Crippen molar-refractivity contribution in [2.24, 2.45) is 0 Å². The summed E-state index contributed by atoms with van der Waals surface area (Å²) in [6.07, 6.45) is 3.67. The third kappa shape index (κ3) is 4.21. The number of para-hydroxylation sites is 3. The highest BCUT2D eigenvalue weighted by Gasteiger charge is 2.28. The standard InChI is InChI=1S/C45H29N3O/c1-4-14-30(15-5-1)44-42(34-20-10-12-22-38(34)47(44)32-18-8-3-9-19-32)43-35-21-11-13-23-39(35)48(45(43)31-16-6-2-7-17-31)33-24-25-40-36(28-33)37-29-46-27-26-41(37)49-40/h1-29H. The van der Waals surface area contributed by atoms with Gasteiger partial charge in [0, 0.05) is 56.4 Å². The van der Waals surface area contributed by atoms with Crippen molar-refractivity contribution in [2.75, 3.05) is 0 Å². The molecule has 0 N–H and O–H groups in total. The summed E-state index contributed by atoms with van der Waals surface area (Å²) in [5.74, 6) is 0. The third-order valence-corrected chi connectivity index (χ3v) is 9.62. The first-order valence-corrected chi connectivity index (χ1v) is 16.6. The molecule has 0 aliphatic carbocycles. The number of hydrogen-bond donors (Lipinski definition) is 0. The van der Waals surface area contributed by atoms with Crippen LogP contribution in [0.25, 0.3) is 88.8 Å². The number of hydrogen-bond acceptors (Lipinski definition) is 2. The second-order valence-electron chi connectivity index (χ2n) is 12.4. The van der Waals surface area contributed by atoms with Crippen molar-refractivity contribution in [3.63, 3.8) is 0 Å². The molecule has 0 atom stereocenters. The Labute approximate surface area is 282 Å². The van der Waals surface area contributed by atoms with E-state index in [4.69, 9.17) is 4.42 Å². The van der Waals surface area contributed by atoms with Crippen molar-refractivity contribution in [1.29, 1.82) is 0 Å². The van der Waals surface area contributed by atoms with Crippen LogP contribution in [0.3, 0.4) is 0 Å². The Kier molecular flexibility index (Phi) is 6.15. The average molecular weight is 628 g/mol. The number of fused-ring (bicyclic) bond motifs is 5. The highest BCUT2D eigenvalue weighted by molar-refractivity contribution is 6.16. The van der Waals surface area contributed by atoms with Gasteiger partial charge in [-0.1, -0.05) is 115 Å². The minimum Gasteiger partial charge on any atom is -0.456 e. The van der Waals surface area contributed by atoms with Gasteiger partial charge in [0.2, 0.25) is 0 Å². The molecule has 4 heteroatoms. The summed E-state index contributed by atoms with van der Waals surface area (Å²) < 4.78 is 11.1. The van der Waals surface area contributed by atoms with Crippen molar-refractivity contribution in [2.45, 2.75) is 0 Å². The molecule has 0 fully saturated rings. The van der Waals surface area contributed by atoms with Crippen LogP contribution in [0.5, 0.6) is 0 Å². The Bertz CT molecular complexity index is 2810. The molecule has 0 bridgehead atoms. The molecule has 0 radical (unpaired) electrons. The summed E-state index contributed by atoms with van der Waals surface area (Å²) in [4.78, 5) is 4.42. The number of pyridine rings is 1. The van der Waals surface area contributed by atoms with Crippen LogP contribution in [-0.2, 0) is 0 Å². The minimum absolute atomic E-state index is 0.838. The summed E-state index contributed by atoms with van der Waals surface area (Å²) in [6.45, 7) is 0. The minimum atomic E-state index is 0.838. The van der Waals surface area contributed by atoms with Crippen LogP contribution in [0.15, 0.2) is 181 Å². The molecule has 0 saturated carbocycles. The Hall–Kier alpha value is -6.65. The predicted molar refractivity (Wildman–Crippen MR) is 201 cm³/mol. The molecule has 0 unspecified atom stereocenters. The second kappa shape index (κ2) is 11.0. The second-order valence-corrected chi connectivity index (χ2v) is 12.4. The number of rotatable bonds is 5. The molecule has 4 heterocycles. The molecule has 6 aromatic carbocycles. The molecule has 0 aliphatic heterocycles. The highest BCUT2D eigenvalue weighted by Crippen LogP contribution is 2.50. The Morgan fingerprint density at radius 1 is 0.408 bits per heavy atom. The zero-order valence-electron chi connectivity index (χ0n) is 26.5. The van der Waals surface area contributed by atoms with Gasteiger partial charge in [0.1, 0.15) is 11.2 Å². The molecule has 230 valence electrons. The fourth-order valence-electron chi connectivity index (χ4n) is 7.59. The normalized spacial score (nSPS) is 11.7. The van der Waals surface area contributed by atoms with E-state index in [1.807, 2.05) is 12.3 Å². The van der Waals surface area contributed by atoms with Crippen LogP contribution in [0.4, 0.5) is 0 Å². The zero-order chi connectivity index (χ0) is 32.3. The number of benzene rings is 6. The molecule has 0 aliphatic rings. The van der Waals surface area contributed by atoms with Crippen LogP contribution >= 0.6 is 0 Å². The molecule has 0 spiro atoms. The van der Waals surface area contributed by atoms with Crippen LogP contribution in [-0.4, -0.2) is 14.1 Å². The maximum Gasteiger partial charge on any atom is 0.138 e. The van der Waals surface area contributed by atoms with E-state index in [1.165, 1.54) is 21.9 Å².